The maximum atomic E-state index is 13.1. The molecule has 14 heteroatoms. The number of alkyl halides is 3. The molecule has 2 fully saturated rings. The summed E-state index contributed by atoms with van der Waals surface area (Å²) in [5.74, 6) is -0.199. The molecule has 1 atom stereocenters. The van der Waals surface area contributed by atoms with E-state index in [-0.39, 0.29) is 41.1 Å². The van der Waals surface area contributed by atoms with Crippen molar-refractivity contribution in [1.82, 2.24) is 24.3 Å². The summed E-state index contributed by atoms with van der Waals surface area (Å²) in [5, 5.41) is 1.18. The average Bonchev–Trinajstić information content (AvgIpc) is 3.73. The number of ketones is 3. The van der Waals surface area contributed by atoms with E-state index in [1.54, 1.807) is 25.4 Å². The van der Waals surface area contributed by atoms with E-state index in [2.05, 4.69) is 9.88 Å². The van der Waals surface area contributed by atoms with E-state index in [0.29, 0.717) is 48.3 Å². The van der Waals surface area contributed by atoms with Crippen molar-refractivity contribution in [3.63, 3.8) is 0 Å². The monoisotopic (exact) mass is 753 g/mol. The van der Waals surface area contributed by atoms with Gasteiger partial charge in [0.15, 0.2) is 11.6 Å². The van der Waals surface area contributed by atoms with Crippen molar-refractivity contribution in [2.24, 2.45) is 7.05 Å². The van der Waals surface area contributed by atoms with Gasteiger partial charge in [-0.3, -0.25) is 29.1 Å². The van der Waals surface area contributed by atoms with Crippen molar-refractivity contribution >= 4 is 40.6 Å². The number of aromatic nitrogens is 2. The van der Waals surface area contributed by atoms with E-state index in [1.807, 2.05) is 41.7 Å². The molecule has 3 heterocycles. The van der Waals surface area contributed by atoms with Gasteiger partial charge in [-0.15, -0.1) is 0 Å². The Bertz CT molecular complexity index is 1610. The molecule has 0 N–H and O–H groups in total. The second-order valence-corrected chi connectivity index (χ2v) is 13.9. The number of hydrogen-bond donors (Lipinski definition) is 0. The summed E-state index contributed by atoms with van der Waals surface area (Å²) >= 11 is 12.4. The quantitative estimate of drug-likeness (QED) is 0.205. The number of rotatable bonds is 10. The van der Waals surface area contributed by atoms with Crippen molar-refractivity contribution in [1.29, 1.82) is 0 Å². The van der Waals surface area contributed by atoms with Crippen LogP contribution in [0.5, 0.6) is 0 Å². The first-order chi connectivity index (χ1) is 24.0. The zero-order valence-corrected chi connectivity index (χ0v) is 31.7. The molecule has 0 unspecified atom stereocenters. The number of morpholine rings is 1. The Morgan fingerprint density at radius 3 is 1.92 bits per heavy atom. The number of carbonyl (C=O) groups excluding carboxylic acids is 3. The largest absolute Gasteiger partial charge is 0.416 e. The Labute approximate surface area is 308 Å². The zero-order chi connectivity index (χ0) is 37.9. The second-order valence-electron chi connectivity index (χ2n) is 13.1. The number of carbonyl (C=O) groups is 3. The van der Waals surface area contributed by atoms with Crippen LogP contribution in [0.2, 0.25) is 10.0 Å². The van der Waals surface area contributed by atoms with Crippen LogP contribution >= 0.6 is 23.2 Å². The molecule has 0 amide bonds. The second kappa shape index (κ2) is 19.6. The molecule has 2 aliphatic heterocycles. The van der Waals surface area contributed by atoms with Crippen molar-refractivity contribution in [3.05, 3.63) is 86.4 Å². The average molecular weight is 755 g/mol. The number of ether oxygens (including phenoxy) is 1. The minimum Gasteiger partial charge on any atom is -0.379 e. The third kappa shape index (κ3) is 13.4. The first-order valence-electron chi connectivity index (χ1n) is 16.8. The number of Topliss-reactive ketones (excluding diaryl/α,β-unsaturated/α-hetero) is 3. The smallest absolute Gasteiger partial charge is 0.379 e. The van der Waals surface area contributed by atoms with E-state index < -0.39 is 11.7 Å². The molecule has 5 rings (SSSR count). The van der Waals surface area contributed by atoms with Gasteiger partial charge in [-0.25, -0.2) is 4.98 Å². The topological polar surface area (TPSA) is 88.0 Å². The molecule has 0 aliphatic carbocycles. The number of halogens is 5. The highest BCUT2D eigenvalue weighted by Crippen LogP contribution is 2.34. The van der Waals surface area contributed by atoms with Gasteiger partial charge in [-0.2, -0.15) is 13.2 Å². The van der Waals surface area contributed by atoms with E-state index >= 15 is 0 Å². The molecule has 0 radical (unpaired) electrons. The maximum Gasteiger partial charge on any atom is 0.416 e. The summed E-state index contributed by atoms with van der Waals surface area (Å²) in [7, 11) is 5.75. The van der Waals surface area contributed by atoms with Gasteiger partial charge >= 0.3 is 6.18 Å². The molecule has 2 aromatic carbocycles. The van der Waals surface area contributed by atoms with Crippen LogP contribution in [0.25, 0.3) is 0 Å². The fourth-order valence-electron chi connectivity index (χ4n) is 5.78. The lowest BCUT2D eigenvalue weighted by Crippen LogP contribution is -2.36. The van der Waals surface area contributed by atoms with Crippen LogP contribution in [0, 0.1) is 0 Å². The lowest BCUT2D eigenvalue weighted by Gasteiger charge is -2.27. The summed E-state index contributed by atoms with van der Waals surface area (Å²) in [6, 6.07) is 7.15. The van der Waals surface area contributed by atoms with Crippen LogP contribution in [-0.4, -0.2) is 101 Å². The standard InChI is InChI=1S/C14H16F3NO2.C13H15Cl2NO.C10H17N3O/c1-10(19)11-2-3-12(13(8-11)14(15,16)17)9-18-4-6-20-7-5-18;1-9(17)10-6-12(14)11(13(15)7-10)8-16-4-2-3-5-16;1-8(14)10(12(2)3)5-9-6-13(4)7-11-9/h2-3,8H,4-7,9H2,1H3;6-7H,2-5,8H2,1H3;6-7,10H,5H2,1-4H3/t;;10-/m..0/s1. The Hall–Kier alpha value is -3.13. The van der Waals surface area contributed by atoms with Crippen LogP contribution in [0.3, 0.4) is 0 Å². The summed E-state index contributed by atoms with van der Waals surface area (Å²) in [5.41, 5.74) is 2.02. The number of hydrogen-bond acceptors (Lipinski definition) is 8. The summed E-state index contributed by atoms with van der Waals surface area (Å²) in [6.45, 7) is 9.89. The Morgan fingerprint density at radius 2 is 1.45 bits per heavy atom. The summed E-state index contributed by atoms with van der Waals surface area (Å²) in [6.07, 6.45) is 2.40. The lowest BCUT2D eigenvalue weighted by molar-refractivity contribution is -0.138. The van der Waals surface area contributed by atoms with E-state index in [9.17, 15) is 27.6 Å². The number of aryl methyl sites for hydroxylation is 1. The van der Waals surface area contributed by atoms with Crippen LogP contribution in [-0.2, 0) is 42.3 Å². The molecule has 1 aromatic heterocycles. The Balaban J connectivity index is 0.000000210. The van der Waals surface area contributed by atoms with Crippen LogP contribution in [0.4, 0.5) is 13.2 Å². The first-order valence-corrected chi connectivity index (χ1v) is 17.6. The van der Waals surface area contributed by atoms with Crippen LogP contribution < -0.4 is 0 Å². The van der Waals surface area contributed by atoms with Crippen molar-refractivity contribution in [3.8, 4) is 0 Å². The molecule has 3 aromatic rings. The highest BCUT2D eigenvalue weighted by Gasteiger charge is 2.34. The zero-order valence-electron chi connectivity index (χ0n) is 30.2. The van der Waals surface area contributed by atoms with Gasteiger partial charge in [0.05, 0.1) is 36.8 Å². The highest BCUT2D eigenvalue weighted by atomic mass is 35.5. The van der Waals surface area contributed by atoms with E-state index in [1.165, 1.54) is 38.8 Å². The third-order valence-corrected chi connectivity index (χ3v) is 9.38. The lowest BCUT2D eigenvalue weighted by atomic mass is 10.0. The Morgan fingerprint density at radius 1 is 0.882 bits per heavy atom. The maximum absolute atomic E-state index is 13.1. The van der Waals surface area contributed by atoms with Gasteiger partial charge in [-0.05, 0) is 84.6 Å². The van der Waals surface area contributed by atoms with E-state index in [0.717, 1.165) is 37.0 Å². The molecular weight excluding hydrogens is 706 g/mol. The van der Waals surface area contributed by atoms with Crippen molar-refractivity contribution in [2.75, 3.05) is 53.5 Å². The number of likely N-dealkylation sites (N-methyl/N-ethyl adjacent to an activating group) is 1. The third-order valence-electron chi connectivity index (χ3n) is 8.70. The minimum atomic E-state index is -4.45. The molecule has 0 bridgehead atoms. The highest BCUT2D eigenvalue weighted by molar-refractivity contribution is 6.36. The molecule has 51 heavy (non-hydrogen) atoms. The van der Waals surface area contributed by atoms with Gasteiger partial charge in [0.1, 0.15) is 5.78 Å². The molecule has 2 aliphatic rings. The molecule has 280 valence electrons. The van der Waals surface area contributed by atoms with Crippen molar-refractivity contribution in [2.45, 2.75) is 65.3 Å². The first kappa shape index (κ1) is 42.3. The van der Waals surface area contributed by atoms with Gasteiger partial charge < -0.3 is 9.30 Å². The molecular formula is C37H48Cl2F3N5O4. The normalized spacial score (nSPS) is 15.8. The summed E-state index contributed by atoms with van der Waals surface area (Å²) in [4.78, 5) is 44.2. The number of benzene rings is 2. The fraction of sp³-hybridized carbons (Fsp3) is 0.514. The SMILES string of the molecule is CC(=O)[C@H](Cc1cn(C)cn1)N(C)C.CC(=O)c1cc(Cl)c(CN2CCCC2)c(Cl)c1.CC(=O)c1ccc(CN2CCOCC2)c(C(F)(F)F)c1. The predicted octanol–water partition coefficient (Wildman–Crippen LogP) is 7.01. The molecule has 0 spiro atoms. The van der Waals surface area contributed by atoms with Crippen LogP contribution in [0.15, 0.2) is 42.9 Å². The Kier molecular flexibility index (Phi) is 16.3. The van der Waals surface area contributed by atoms with Crippen LogP contribution in [0.1, 0.15) is 76.7 Å². The van der Waals surface area contributed by atoms with Gasteiger partial charge in [0.25, 0.3) is 0 Å². The number of nitrogens with zero attached hydrogens (tertiary/aromatic N) is 5. The number of likely N-dealkylation sites (tertiary alicyclic amines) is 1. The van der Waals surface area contributed by atoms with Gasteiger partial charge in [-0.1, -0.05) is 35.3 Å². The molecule has 0 saturated carbocycles. The fourth-order valence-corrected chi connectivity index (χ4v) is 6.39. The number of imidazole rings is 1. The minimum absolute atomic E-state index is 0.0125. The predicted molar refractivity (Wildman–Crippen MR) is 194 cm³/mol. The molecule has 2 saturated heterocycles. The van der Waals surface area contributed by atoms with E-state index in [4.69, 9.17) is 27.9 Å². The molecule has 9 nitrogen and oxygen atoms in total. The van der Waals surface area contributed by atoms with Crippen molar-refractivity contribution < 1.29 is 32.3 Å². The van der Waals surface area contributed by atoms with Gasteiger partial charge in [0.2, 0.25) is 0 Å². The van der Waals surface area contributed by atoms with Gasteiger partial charge in [0, 0.05) is 72.6 Å². The summed E-state index contributed by atoms with van der Waals surface area (Å²) < 4.78 is 46.3.